The number of hydrogen-bond donors (Lipinski definition) is 1. The van der Waals surface area contributed by atoms with E-state index in [1.165, 1.54) is 19.2 Å². The van der Waals surface area contributed by atoms with Gasteiger partial charge < -0.3 is 14.9 Å². The summed E-state index contributed by atoms with van der Waals surface area (Å²) in [4.78, 5) is 65.5. The van der Waals surface area contributed by atoms with Crippen LogP contribution in [0, 0.1) is 6.92 Å². The lowest BCUT2D eigenvalue weighted by molar-refractivity contribution is -0.166. The summed E-state index contributed by atoms with van der Waals surface area (Å²) >= 11 is 0. The number of rotatable bonds is 13. The van der Waals surface area contributed by atoms with Crippen LogP contribution in [0.1, 0.15) is 43.7 Å². The van der Waals surface area contributed by atoms with Gasteiger partial charge in [0.25, 0.3) is 17.7 Å². The van der Waals surface area contributed by atoms with Gasteiger partial charge in [-0.05, 0) is 54.7 Å². The Balaban J connectivity index is 2.03. The number of carbonyl (C=O) groups is 5. The number of amides is 4. The second-order valence-electron chi connectivity index (χ2n) is 8.79. The fraction of sp³-hybridized carbons (Fsp3) is 0.300. The average Bonchev–Trinajstić information content (AvgIpc) is 3.24. The number of imide groups is 1. The van der Waals surface area contributed by atoms with E-state index in [1.807, 2.05) is 38.1 Å². The highest BCUT2D eigenvalue weighted by atomic mass is 16.8. The average molecular weight is 550 g/mol. The Hall–Kier alpha value is -4.73. The van der Waals surface area contributed by atoms with E-state index < -0.39 is 18.0 Å². The summed E-state index contributed by atoms with van der Waals surface area (Å²) in [5, 5.41) is 3.63. The first kappa shape index (κ1) is 31.5. The maximum absolute atomic E-state index is 12.4. The highest BCUT2D eigenvalue weighted by Crippen LogP contribution is 2.28. The largest absolute Gasteiger partial charge is 0.533 e. The van der Waals surface area contributed by atoms with Crippen molar-refractivity contribution in [1.29, 1.82) is 0 Å². The topological polar surface area (TPSA) is 122 Å². The van der Waals surface area contributed by atoms with Crippen molar-refractivity contribution in [2.24, 2.45) is 0 Å². The zero-order chi connectivity index (χ0) is 29.7. The first-order valence-corrected chi connectivity index (χ1v) is 12.8. The molecule has 1 aromatic rings. The number of nitrogens with one attached hydrogen (secondary N) is 1. The Morgan fingerprint density at radius 2 is 1.77 bits per heavy atom. The molecule has 10 nitrogen and oxygen atoms in total. The van der Waals surface area contributed by atoms with Crippen molar-refractivity contribution in [3.05, 3.63) is 84.5 Å². The summed E-state index contributed by atoms with van der Waals surface area (Å²) < 4.78 is 5.15. The molecule has 4 amide bonds. The van der Waals surface area contributed by atoms with Crippen molar-refractivity contribution < 1.29 is 33.5 Å². The highest BCUT2D eigenvalue weighted by Gasteiger charge is 2.23. The number of ether oxygens (including phenoxy) is 1. The van der Waals surface area contributed by atoms with Crippen LogP contribution in [0.25, 0.3) is 5.57 Å². The van der Waals surface area contributed by atoms with Gasteiger partial charge in [0.05, 0.1) is 6.61 Å². The predicted octanol–water partition coefficient (Wildman–Crippen LogP) is 4.65. The quantitative estimate of drug-likeness (QED) is 0.125. The van der Waals surface area contributed by atoms with Crippen LogP contribution in [0.5, 0.6) is 0 Å². The van der Waals surface area contributed by atoms with E-state index in [-0.39, 0.29) is 37.8 Å². The second-order valence-corrected chi connectivity index (χ2v) is 8.79. The second kappa shape index (κ2) is 15.6. The van der Waals surface area contributed by atoms with E-state index >= 15 is 0 Å². The van der Waals surface area contributed by atoms with Gasteiger partial charge in [-0.3, -0.25) is 24.1 Å². The van der Waals surface area contributed by atoms with Crippen molar-refractivity contribution in [3.63, 3.8) is 0 Å². The minimum Gasteiger partial charge on any atom is -0.432 e. The summed E-state index contributed by atoms with van der Waals surface area (Å²) in [6.45, 7) is 11.2. The van der Waals surface area contributed by atoms with Crippen LogP contribution < -0.4 is 5.32 Å². The van der Waals surface area contributed by atoms with Gasteiger partial charge in [0.1, 0.15) is 0 Å². The fourth-order valence-corrected chi connectivity index (χ4v) is 3.83. The molecule has 0 spiro atoms. The third-order valence-corrected chi connectivity index (χ3v) is 5.91. The van der Waals surface area contributed by atoms with E-state index in [4.69, 9.17) is 9.57 Å². The van der Waals surface area contributed by atoms with Gasteiger partial charge in [-0.2, -0.15) is 5.06 Å². The summed E-state index contributed by atoms with van der Waals surface area (Å²) in [6, 6.07) is 5.43. The van der Waals surface area contributed by atoms with Crippen molar-refractivity contribution in [3.8, 4) is 0 Å². The Kier molecular flexibility index (Phi) is 12.3. The summed E-state index contributed by atoms with van der Waals surface area (Å²) in [5.74, 6) is -1.55. The SMILES string of the molecule is C=CCCC(=O)N(C)OC(=O)OCC/C(C=C)=C(/C=C\C)c1ccc(NC(=O)CCN2C(=O)C=CC2=O)cc1C. The van der Waals surface area contributed by atoms with Crippen LogP contribution in [0.15, 0.2) is 73.4 Å². The lowest BCUT2D eigenvalue weighted by Crippen LogP contribution is -2.33. The molecule has 0 aliphatic carbocycles. The Bertz CT molecular complexity index is 1240. The number of aryl methyl sites for hydroxylation is 1. The lowest BCUT2D eigenvalue weighted by atomic mass is 9.93. The molecule has 0 atom stereocenters. The fourth-order valence-electron chi connectivity index (χ4n) is 3.83. The molecule has 0 saturated carbocycles. The van der Waals surface area contributed by atoms with Crippen LogP contribution in [0.4, 0.5) is 10.5 Å². The van der Waals surface area contributed by atoms with Crippen molar-refractivity contribution in [2.75, 3.05) is 25.5 Å². The molecule has 0 radical (unpaired) electrons. The molecule has 0 bridgehead atoms. The number of nitrogens with zero attached hydrogens (tertiary/aromatic N) is 2. The van der Waals surface area contributed by atoms with Crippen molar-refractivity contribution >= 4 is 41.0 Å². The molecule has 0 saturated heterocycles. The molecule has 2 rings (SSSR count). The van der Waals surface area contributed by atoms with Gasteiger partial charge in [0, 0.05) is 50.7 Å². The molecule has 1 aromatic carbocycles. The number of hydrogen-bond acceptors (Lipinski definition) is 7. The Morgan fingerprint density at radius 1 is 1.07 bits per heavy atom. The van der Waals surface area contributed by atoms with E-state index in [2.05, 4.69) is 18.5 Å². The minimum atomic E-state index is -0.989. The van der Waals surface area contributed by atoms with Crippen LogP contribution in [0.2, 0.25) is 0 Å². The first-order valence-electron chi connectivity index (χ1n) is 12.8. The molecule has 40 heavy (non-hydrogen) atoms. The van der Waals surface area contributed by atoms with E-state index in [0.29, 0.717) is 18.5 Å². The van der Waals surface area contributed by atoms with Gasteiger partial charge in [-0.1, -0.05) is 36.9 Å². The van der Waals surface area contributed by atoms with Crippen molar-refractivity contribution in [2.45, 2.75) is 39.5 Å². The van der Waals surface area contributed by atoms with Gasteiger partial charge in [-0.25, -0.2) is 4.79 Å². The molecule has 212 valence electrons. The van der Waals surface area contributed by atoms with Crippen LogP contribution in [-0.2, 0) is 28.8 Å². The molecular weight excluding hydrogens is 514 g/mol. The number of hydroxylamine groups is 2. The monoisotopic (exact) mass is 549 g/mol. The molecular formula is C30H35N3O7. The van der Waals surface area contributed by atoms with E-state index in [0.717, 1.165) is 32.2 Å². The minimum absolute atomic E-state index is 0.000656. The number of anilines is 1. The summed E-state index contributed by atoms with van der Waals surface area (Å²) in [5.41, 5.74) is 4.01. The summed E-state index contributed by atoms with van der Waals surface area (Å²) in [7, 11) is 1.34. The number of carbonyl (C=O) groups excluding carboxylic acids is 5. The van der Waals surface area contributed by atoms with Crippen LogP contribution in [-0.4, -0.2) is 59.9 Å². The highest BCUT2D eigenvalue weighted by molar-refractivity contribution is 6.13. The molecule has 0 fully saturated rings. The van der Waals surface area contributed by atoms with E-state index in [1.54, 1.807) is 18.2 Å². The van der Waals surface area contributed by atoms with Crippen molar-refractivity contribution in [1.82, 2.24) is 9.96 Å². The normalized spacial score (nSPS) is 13.2. The zero-order valence-electron chi connectivity index (χ0n) is 23.1. The third-order valence-electron chi connectivity index (χ3n) is 5.91. The molecule has 1 aliphatic heterocycles. The Labute approximate surface area is 234 Å². The Morgan fingerprint density at radius 3 is 2.38 bits per heavy atom. The molecule has 1 aliphatic rings. The number of benzene rings is 1. The van der Waals surface area contributed by atoms with Gasteiger partial charge in [0.15, 0.2) is 0 Å². The summed E-state index contributed by atoms with van der Waals surface area (Å²) in [6.07, 6.45) is 9.41. The molecule has 10 heteroatoms. The zero-order valence-corrected chi connectivity index (χ0v) is 23.1. The predicted molar refractivity (Wildman–Crippen MR) is 151 cm³/mol. The smallest absolute Gasteiger partial charge is 0.432 e. The third kappa shape index (κ3) is 9.23. The molecule has 0 aromatic heterocycles. The number of allylic oxidation sites excluding steroid dienone is 5. The standard InChI is InChI=1S/C30H35N3O7/c1-6-9-11-27(35)32(5)40-30(38)39-19-17-22(8-3)25(10-7-2)24-13-12-23(20-21(24)4)31-26(34)16-18-33-28(36)14-15-29(33)37/h6-8,10,12-15,20H,1,3,9,11,16-19H2,2,4-5H3,(H,31,34)/b10-7-,25-22-. The molecule has 0 unspecified atom stereocenters. The van der Waals surface area contributed by atoms with Gasteiger partial charge in [-0.15, -0.1) is 6.58 Å². The van der Waals surface area contributed by atoms with Gasteiger partial charge >= 0.3 is 6.16 Å². The van der Waals surface area contributed by atoms with Crippen LogP contribution in [0.3, 0.4) is 0 Å². The maximum atomic E-state index is 12.4. The molecule has 1 heterocycles. The lowest BCUT2D eigenvalue weighted by Gasteiger charge is -2.17. The molecule has 1 N–H and O–H groups in total. The van der Waals surface area contributed by atoms with E-state index in [9.17, 15) is 24.0 Å². The first-order chi connectivity index (χ1) is 19.1. The van der Waals surface area contributed by atoms with Crippen LogP contribution >= 0.6 is 0 Å². The maximum Gasteiger partial charge on any atom is 0.533 e. The van der Waals surface area contributed by atoms with Gasteiger partial charge in [0.2, 0.25) is 5.91 Å².